The summed E-state index contributed by atoms with van der Waals surface area (Å²) < 4.78 is 10.8. The lowest BCUT2D eigenvalue weighted by Crippen LogP contribution is -2.24. The Morgan fingerprint density at radius 3 is 2.79 bits per heavy atom. The topological polar surface area (TPSA) is 91.2 Å². The van der Waals surface area contributed by atoms with Crippen LogP contribution in [-0.4, -0.2) is 34.1 Å². The standard InChI is InChI=1S/C21H22N4O3/c1-5-12-8-22-20-15(24-12)7-6-14-18(20)17-13(10-27-4)19(21(26)28-11(2)3)23-9-16(17)25-14/h6-9,11,24H,5,10H2,1-4H3/p+1. The van der Waals surface area contributed by atoms with E-state index in [9.17, 15) is 4.79 Å². The van der Waals surface area contributed by atoms with E-state index in [1.54, 1.807) is 13.3 Å². The second kappa shape index (κ2) is 7.16. The Balaban J connectivity index is 2.07. The number of methoxy groups -OCH3 is 1. The van der Waals surface area contributed by atoms with E-state index in [0.29, 0.717) is 5.69 Å². The molecule has 0 saturated heterocycles. The van der Waals surface area contributed by atoms with Gasteiger partial charge >= 0.3 is 5.97 Å². The number of rotatable bonds is 5. The van der Waals surface area contributed by atoms with Crippen LogP contribution in [0.15, 0.2) is 24.5 Å². The number of ether oxygens (including phenoxy) is 2. The minimum atomic E-state index is -0.411. The van der Waals surface area contributed by atoms with E-state index in [4.69, 9.17) is 14.5 Å². The molecule has 0 spiro atoms. The highest BCUT2D eigenvalue weighted by molar-refractivity contribution is 6.19. The van der Waals surface area contributed by atoms with Gasteiger partial charge in [-0.25, -0.2) is 14.8 Å². The fourth-order valence-corrected chi connectivity index (χ4v) is 3.50. The van der Waals surface area contributed by atoms with Crippen molar-refractivity contribution in [2.24, 2.45) is 0 Å². The summed E-state index contributed by atoms with van der Waals surface area (Å²) in [6, 6.07) is 3.96. The van der Waals surface area contributed by atoms with Crippen molar-refractivity contribution < 1.29 is 19.3 Å². The lowest BCUT2D eigenvalue weighted by Gasteiger charge is -2.09. The van der Waals surface area contributed by atoms with Gasteiger partial charge in [0.2, 0.25) is 0 Å². The van der Waals surface area contributed by atoms with Crippen molar-refractivity contribution in [2.45, 2.75) is 39.9 Å². The molecule has 0 aliphatic heterocycles. The van der Waals surface area contributed by atoms with Gasteiger partial charge in [-0.15, -0.1) is 0 Å². The van der Waals surface area contributed by atoms with Gasteiger partial charge in [0, 0.05) is 29.8 Å². The highest BCUT2D eigenvalue weighted by Crippen LogP contribution is 2.33. The number of fused-ring (bicyclic) bond motifs is 5. The van der Waals surface area contributed by atoms with E-state index in [2.05, 4.69) is 21.9 Å². The van der Waals surface area contributed by atoms with Gasteiger partial charge in [0.1, 0.15) is 5.52 Å². The molecule has 7 heteroatoms. The van der Waals surface area contributed by atoms with E-state index in [0.717, 1.165) is 50.5 Å². The second-order valence-electron chi connectivity index (χ2n) is 7.02. The van der Waals surface area contributed by atoms with Crippen molar-refractivity contribution in [3.63, 3.8) is 0 Å². The molecule has 4 aromatic rings. The fourth-order valence-electron chi connectivity index (χ4n) is 3.50. The summed E-state index contributed by atoms with van der Waals surface area (Å²) in [7, 11) is 1.60. The van der Waals surface area contributed by atoms with Crippen LogP contribution in [0.5, 0.6) is 0 Å². The molecule has 0 fully saturated rings. The number of nitrogens with one attached hydrogen (secondary N) is 2. The van der Waals surface area contributed by atoms with E-state index >= 15 is 0 Å². The highest BCUT2D eigenvalue weighted by Gasteiger charge is 2.27. The summed E-state index contributed by atoms with van der Waals surface area (Å²) in [6.07, 6.45) is 4.24. The number of pyridine rings is 1. The summed E-state index contributed by atoms with van der Waals surface area (Å²) in [5, 5.41) is 1.77. The average molecular weight is 379 g/mol. The number of benzene rings is 1. The van der Waals surface area contributed by atoms with Crippen LogP contribution in [0.1, 0.15) is 42.5 Å². The van der Waals surface area contributed by atoms with Gasteiger partial charge in [0.25, 0.3) is 5.69 Å². The second-order valence-corrected chi connectivity index (χ2v) is 7.02. The number of hydrogen-bond acceptors (Lipinski definition) is 5. The smallest absolute Gasteiger partial charge is 0.404 e. The number of aromatic nitrogens is 4. The molecule has 0 unspecified atom stereocenters. The summed E-state index contributed by atoms with van der Waals surface area (Å²) in [5.74, 6) is -0.411. The van der Waals surface area contributed by atoms with Crippen LogP contribution in [0, 0.1) is 0 Å². The van der Waals surface area contributed by atoms with Crippen LogP contribution in [0.2, 0.25) is 0 Å². The Labute approximate surface area is 162 Å². The molecule has 1 aromatic carbocycles. The van der Waals surface area contributed by atoms with Crippen molar-refractivity contribution in [2.75, 3.05) is 7.11 Å². The largest absolute Gasteiger partial charge is 0.455 e. The summed E-state index contributed by atoms with van der Waals surface area (Å²) in [4.78, 5) is 28.5. The van der Waals surface area contributed by atoms with Crippen molar-refractivity contribution >= 4 is 38.8 Å². The normalized spacial score (nSPS) is 11.8. The molecule has 2 N–H and O–H groups in total. The molecule has 3 aromatic heterocycles. The molecular weight excluding hydrogens is 356 g/mol. The number of carbonyl (C=O) groups excluding carboxylic acids is 1. The van der Waals surface area contributed by atoms with Crippen LogP contribution in [0.25, 0.3) is 32.8 Å². The first-order valence-electron chi connectivity index (χ1n) is 9.37. The predicted molar refractivity (Wildman–Crippen MR) is 106 cm³/mol. The average Bonchev–Trinajstić information content (AvgIpc) is 3.06. The van der Waals surface area contributed by atoms with Crippen molar-refractivity contribution in [3.05, 3.63) is 41.5 Å². The molecule has 0 amide bonds. The van der Waals surface area contributed by atoms with Crippen molar-refractivity contribution in [3.8, 4) is 0 Å². The number of nitrogens with zero attached hydrogens (tertiary/aromatic N) is 2. The third-order valence-electron chi connectivity index (χ3n) is 4.72. The predicted octanol–water partition coefficient (Wildman–Crippen LogP) is 3.35. The van der Waals surface area contributed by atoms with Crippen molar-refractivity contribution in [1.29, 1.82) is 0 Å². The minimum absolute atomic E-state index is 0.217. The number of aryl methyl sites for hydroxylation is 1. The number of hydrogen-bond donors (Lipinski definition) is 1. The Hall–Kier alpha value is -3.06. The number of carbonyl (C=O) groups is 1. The first kappa shape index (κ1) is 18.3. The number of H-pyrrole nitrogens is 2. The van der Waals surface area contributed by atoms with E-state index in [-0.39, 0.29) is 12.7 Å². The third kappa shape index (κ3) is 2.97. The van der Waals surface area contributed by atoms with E-state index in [1.807, 2.05) is 32.2 Å². The summed E-state index contributed by atoms with van der Waals surface area (Å²) in [5.41, 5.74) is 5.50. The van der Waals surface area contributed by atoms with Crippen LogP contribution < -0.4 is 4.98 Å². The lowest BCUT2D eigenvalue weighted by atomic mass is 10.0. The Morgan fingerprint density at radius 1 is 1.25 bits per heavy atom. The molecule has 0 aliphatic rings. The molecule has 0 aliphatic carbocycles. The molecule has 7 nitrogen and oxygen atoms in total. The summed E-state index contributed by atoms with van der Waals surface area (Å²) in [6.45, 7) is 5.98. The Morgan fingerprint density at radius 2 is 2.07 bits per heavy atom. The van der Waals surface area contributed by atoms with Crippen LogP contribution in [-0.2, 0) is 22.5 Å². The van der Waals surface area contributed by atoms with Crippen LogP contribution in [0.3, 0.4) is 0 Å². The quantitative estimate of drug-likeness (QED) is 0.537. The summed E-state index contributed by atoms with van der Waals surface area (Å²) >= 11 is 0. The maximum absolute atomic E-state index is 12.6. The zero-order valence-corrected chi connectivity index (χ0v) is 16.4. The number of aromatic amines is 2. The maximum atomic E-state index is 12.6. The van der Waals surface area contributed by atoms with Gasteiger partial charge in [-0.1, -0.05) is 6.92 Å². The number of esters is 1. The fraction of sp³-hybridized carbons (Fsp3) is 0.333. The molecule has 0 radical (unpaired) electrons. The van der Waals surface area contributed by atoms with Gasteiger partial charge in [0.05, 0.1) is 34.8 Å². The van der Waals surface area contributed by atoms with E-state index < -0.39 is 5.97 Å². The third-order valence-corrected chi connectivity index (χ3v) is 4.72. The van der Waals surface area contributed by atoms with Crippen LogP contribution >= 0.6 is 0 Å². The first-order chi connectivity index (χ1) is 13.5. The molecule has 0 atom stereocenters. The molecule has 0 saturated carbocycles. The Kier molecular flexibility index (Phi) is 4.68. The molecule has 28 heavy (non-hydrogen) atoms. The monoisotopic (exact) mass is 379 g/mol. The van der Waals surface area contributed by atoms with Gasteiger partial charge in [0.15, 0.2) is 6.20 Å². The maximum Gasteiger partial charge on any atom is 0.404 e. The van der Waals surface area contributed by atoms with Gasteiger partial charge in [-0.2, -0.15) is 0 Å². The molecular formula is C21H23N4O3+. The Bertz CT molecular complexity index is 1200. The van der Waals surface area contributed by atoms with Gasteiger partial charge in [-0.3, -0.25) is 4.98 Å². The van der Waals surface area contributed by atoms with Crippen LogP contribution in [0.4, 0.5) is 0 Å². The zero-order chi connectivity index (χ0) is 19.8. The molecule has 4 rings (SSSR count). The lowest BCUT2D eigenvalue weighted by molar-refractivity contribution is -0.382. The zero-order valence-electron chi connectivity index (χ0n) is 16.4. The molecule has 0 bridgehead atoms. The highest BCUT2D eigenvalue weighted by atomic mass is 16.5. The van der Waals surface area contributed by atoms with Crippen molar-refractivity contribution in [1.82, 2.24) is 15.0 Å². The SMILES string of the molecule is CCc1cnc2c(ccc3nc4c[nH+]c(C(=O)OC(C)C)c(COC)c4c32)[nH]1. The molecule has 144 valence electrons. The van der Waals surface area contributed by atoms with Gasteiger partial charge in [-0.05, 0) is 32.4 Å². The van der Waals surface area contributed by atoms with Gasteiger partial charge < -0.3 is 14.5 Å². The minimum Gasteiger partial charge on any atom is -0.455 e. The first-order valence-corrected chi connectivity index (χ1v) is 9.37. The van der Waals surface area contributed by atoms with E-state index in [1.165, 1.54) is 0 Å². The molecule has 3 heterocycles.